The molecule has 3 aromatic rings. The standard InChI is InChI=1S/C15H8Cl2F4N2O2S2/c16-8-4-3-7(6-9(8)17)11-12(10-2-1-5-26-10)23-14(22-11)27(24,25)15(20,21)13(18)19/h1-6,13H,(H,22,23). The number of nitrogens with one attached hydrogen (secondary N) is 1. The van der Waals surface area contributed by atoms with Crippen LogP contribution in [0.2, 0.25) is 10.0 Å². The van der Waals surface area contributed by atoms with Crippen LogP contribution in [0.5, 0.6) is 0 Å². The molecule has 0 aliphatic heterocycles. The molecule has 1 aromatic carbocycles. The molecule has 0 amide bonds. The smallest absolute Gasteiger partial charge is 0.327 e. The molecule has 0 radical (unpaired) electrons. The summed E-state index contributed by atoms with van der Waals surface area (Å²) in [6, 6.07) is 7.44. The van der Waals surface area contributed by atoms with Gasteiger partial charge in [-0.25, -0.2) is 22.2 Å². The van der Waals surface area contributed by atoms with E-state index >= 15 is 0 Å². The van der Waals surface area contributed by atoms with Crippen LogP contribution in [-0.4, -0.2) is 30.1 Å². The monoisotopic (exact) mass is 458 g/mol. The molecule has 0 bridgehead atoms. The number of alkyl halides is 4. The average molecular weight is 459 g/mol. The highest BCUT2D eigenvalue weighted by molar-refractivity contribution is 7.92. The normalized spacial score (nSPS) is 12.7. The van der Waals surface area contributed by atoms with Crippen molar-refractivity contribution in [3.05, 3.63) is 45.8 Å². The lowest BCUT2D eigenvalue weighted by Crippen LogP contribution is -2.37. The first-order valence-electron chi connectivity index (χ1n) is 7.05. The third kappa shape index (κ3) is 3.46. The molecule has 0 spiro atoms. The molecule has 0 aliphatic carbocycles. The van der Waals surface area contributed by atoms with E-state index in [4.69, 9.17) is 23.2 Å². The molecule has 0 atom stereocenters. The fourth-order valence-electron chi connectivity index (χ4n) is 2.18. The number of halogens is 6. The van der Waals surface area contributed by atoms with Crippen molar-refractivity contribution < 1.29 is 26.0 Å². The average Bonchev–Trinajstić information content (AvgIpc) is 3.25. The van der Waals surface area contributed by atoms with Crippen LogP contribution in [0.15, 0.2) is 40.9 Å². The van der Waals surface area contributed by atoms with Crippen LogP contribution in [-0.2, 0) is 9.84 Å². The number of nitrogens with zero attached hydrogens (tertiary/aromatic N) is 1. The minimum absolute atomic E-state index is 0.0420. The Balaban J connectivity index is 2.24. The van der Waals surface area contributed by atoms with Gasteiger partial charge in [-0.1, -0.05) is 35.3 Å². The Hall–Kier alpha value is -1.62. The molecular weight excluding hydrogens is 451 g/mol. The van der Waals surface area contributed by atoms with E-state index in [1.54, 1.807) is 17.5 Å². The Bertz CT molecular complexity index is 1080. The minimum atomic E-state index is -5.76. The summed E-state index contributed by atoms with van der Waals surface area (Å²) < 4.78 is 76.4. The number of sulfone groups is 1. The SMILES string of the molecule is O=S(=O)(c1nc(-c2ccc(Cl)c(Cl)c2)c(-c2cccs2)[nH]1)C(F)(F)C(F)F. The van der Waals surface area contributed by atoms with Gasteiger partial charge in [0.15, 0.2) is 0 Å². The fraction of sp³-hybridized carbons (Fsp3) is 0.133. The highest BCUT2D eigenvalue weighted by Crippen LogP contribution is 2.39. The third-order valence-corrected chi connectivity index (χ3v) is 6.73. The second-order valence-corrected chi connectivity index (χ2v) is 8.94. The van der Waals surface area contributed by atoms with Crippen molar-refractivity contribution in [3.8, 4) is 21.8 Å². The number of benzene rings is 1. The Morgan fingerprint density at radius 1 is 1.15 bits per heavy atom. The lowest BCUT2D eigenvalue weighted by atomic mass is 10.1. The van der Waals surface area contributed by atoms with Crippen molar-refractivity contribution in [1.82, 2.24) is 9.97 Å². The van der Waals surface area contributed by atoms with Crippen molar-refractivity contribution in [2.24, 2.45) is 0 Å². The lowest BCUT2D eigenvalue weighted by Gasteiger charge is -2.13. The largest absolute Gasteiger partial charge is 0.411 e. The number of rotatable bonds is 5. The highest BCUT2D eigenvalue weighted by atomic mass is 35.5. The maximum Gasteiger partial charge on any atom is 0.411 e. The van der Waals surface area contributed by atoms with Crippen LogP contribution in [0.3, 0.4) is 0 Å². The van der Waals surface area contributed by atoms with Crippen molar-refractivity contribution in [3.63, 3.8) is 0 Å². The minimum Gasteiger partial charge on any atom is -0.327 e. The number of imidazole rings is 1. The van der Waals surface area contributed by atoms with E-state index in [0.29, 0.717) is 4.88 Å². The van der Waals surface area contributed by atoms with E-state index < -0.39 is 26.7 Å². The zero-order chi connectivity index (χ0) is 20.0. The Kier molecular flexibility index (Phi) is 5.28. The first-order valence-corrected chi connectivity index (χ1v) is 10.2. The number of H-pyrrole nitrogens is 1. The topological polar surface area (TPSA) is 62.8 Å². The van der Waals surface area contributed by atoms with Crippen LogP contribution in [0.1, 0.15) is 0 Å². The van der Waals surface area contributed by atoms with Gasteiger partial charge in [-0.2, -0.15) is 8.78 Å². The zero-order valence-corrected chi connectivity index (χ0v) is 16.0. The quantitative estimate of drug-likeness (QED) is 0.495. The maximum absolute atomic E-state index is 13.6. The molecule has 0 unspecified atom stereocenters. The molecule has 27 heavy (non-hydrogen) atoms. The molecule has 0 fully saturated rings. The van der Waals surface area contributed by atoms with Crippen LogP contribution in [0.4, 0.5) is 17.6 Å². The lowest BCUT2D eigenvalue weighted by molar-refractivity contribution is -0.0639. The molecule has 4 nitrogen and oxygen atoms in total. The van der Waals surface area contributed by atoms with E-state index in [1.165, 1.54) is 29.5 Å². The van der Waals surface area contributed by atoms with E-state index in [2.05, 4.69) is 9.97 Å². The van der Waals surface area contributed by atoms with Gasteiger partial charge in [-0.05, 0) is 23.6 Å². The van der Waals surface area contributed by atoms with Gasteiger partial charge in [0, 0.05) is 5.56 Å². The van der Waals surface area contributed by atoms with E-state index in [1.807, 2.05) is 0 Å². The number of hydrogen-bond acceptors (Lipinski definition) is 4. The molecule has 0 aliphatic rings. The molecule has 144 valence electrons. The van der Waals surface area contributed by atoms with Gasteiger partial charge in [0.1, 0.15) is 0 Å². The predicted octanol–water partition coefficient (Wildman–Crippen LogP) is 5.74. The van der Waals surface area contributed by atoms with Crippen molar-refractivity contribution in [1.29, 1.82) is 0 Å². The molecule has 2 aromatic heterocycles. The number of hydrogen-bond donors (Lipinski definition) is 1. The molecule has 3 rings (SSSR count). The molecule has 0 saturated heterocycles. The van der Waals surface area contributed by atoms with Crippen molar-refractivity contribution >= 4 is 44.4 Å². The van der Waals surface area contributed by atoms with Crippen LogP contribution in [0, 0.1) is 0 Å². The van der Waals surface area contributed by atoms with E-state index in [0.717, 1.165) is 0 Å². The summed E-state index contributed by atoms with van der Waals surface area (Å²) in [5.74, 6) is 0. The summed E-state index contributed by atoms with van der Waals surface area (Å²) in [4.78, 5) is 6.38. The first-order chi connectivity index (χ1) is 12.6. The highest BCUT2D eigenvalue weighted by Gasteiger charge is 2.56. The van der Waals surface area contributed by atoms with Gasteiger partial charge in [-0.15, -0.1) is 11.3 Å². The second-order valence-electron chi connectivity index (χ2n) is 5.24. The summed E-state index contributed by atoms with van der Waals surface area (Å²) in [7, 11) is -5.76. The summed E-state index contributed by atoms with van der Waals surface area (Å²) in [6.45, 7) is 0. The molecule has 0 saturated carbocycles. The van der Waals surface area contributed by atoms with Crippen LogP contribution < -0.4 is 0 Å². The predicted molar refractivity (Wildman–Crippen MR) is 95.5 cm³/mol. The van der Waals surface area contributed by atoms with Gasteiger partial charge in [-0.3, -0.25) is 0 Å². The van der Waals surface area contributed by atoms with Crippen LogP contribution >= 0.6 is 34.5 Å². The summed E-state index contributed by atoms with van der Waals surface area (Å²) in [6.07, 6.45) is -4.41. The van der Waals surface area contributed by atoms with Crippen molar-refractivity contribution in [2.75, 3.05) is 0 Å². The number of thiophene rings is 1. The zero-order valence-electron chi connectivity index (χ0n) is 12.9. The Morgan fingerprint density at radius 2 is 1.85 bits per heavy atom. The molecule has 2 heterocycles. The Labute approximate surface area is 164 Å². The summed E-state index contributed by atoms with van der Waals surface area (Å²) >= 11 is 13.0. The third-order valence-electron chi connectivity index (χ3n) is 3.51. The van der Waals surface area contributed by atoms with Gasteiger partial charge in [0.2, 0.25) is 5.16 Å². The van der Waals surface area contributed by atoms with Gasteiger partial charge in [0.25, 0.3) is 9.84 Å². The second kappa shape index (κ2) is 7.08. The van der Waals surface area contributed by atoms with E-state index in [9.17, 15) is 26.0 Å². The number of aromatic nitrogens is 2. The summed E-state index contributed by atoms with van der Waals surface area (Å²) in [5, 5.41) is -4.57. The summed E-state index contributed by atoms with van der Waals surface area (Å²) in [5.41, 5.74) is 0.303. The van der Waals surface area contributed by atoms with Crippen LogP contribution in [0.25, 0.3) is 21.8 Å². The molecular formula is C15H8Cl2F4N2O2S2. The van der Waals surface area contributed by atoms with Gasteiger partial charge >= 0.3 is 11.7 Å². The van der Waals surface area contributed by atoms with E-state index in [-0.39, 0.29) is 27.0 Å². The van der Waals surface area contributed by atoms with Crippen molar-refractivity contribution in [2.45, 2.75) is 16.8 Å². The molecule has 1 N–H and O–H groups in total. The number of aromatic amines is 1. The van der Waals surface area contributed by atoms with Gasteiger partial charge in [0.05, 0.1) is 26.3 Å². The maximum atomic E-state index is 13.6. The first kappa shape index (κ1) is 20.1. The Morgan fingerprint density at radius 3 is 2.41 bits per heavy atom. The molecule has 12 heteroatoms. The van der Waals surface area contributed by atoms with Gasteiger partial charge < -0.3 is 4.98 Å². The fourth-order valence-corrected chi connectivity index (χ4v) is 4.14.